The van der Waals surface area contributed by atoms with Crippen LogP contribution in [0.15, 0.2) is 12.2 Å². The summed E-state index contributed by atoms with van der Waals surface area (Å²) in [6.07, 6.45) is 18.4. The van der Waals surface area contributed by atoms with Crippen molar-refractivity contribution < 1.29 is 19.1 Å². The summed E-state index contributed by atoms with van der Waals surface area (Å²) in [7, 11) is 0. The molecule has 0 aromatic carbocycles. The number of carbonyl (C=O) groups excluding carboxylic acids is 2. The number of unbranched alkanes of at least 4 members (excludes halogenated alkanes) is 11. The van der Waals surface area contributed by atoms with E-state index in [9.17, 15) is 9.59 Å². The van der Waals surface area contributed by atoms with Crippen LogP contribution in [0, 0.1) is 0 Å². The Kier molecular flexibility index (Phi) is 24.4. The van der Waals surface area contributed by atoms with E-state index in [2.05, 4.69) is 6.92 Å². The van der Waals surface area contributed by atoms with E-state index in [1.54, 1.807) is 0 Å². The summed E-state index contributed by atoms with van der Waals surface area (Å²) in [6, 6.07) is 0. The van der Waals surface area contributed by atoms with Gasteiger partial charge in [0.1, 0.15) is 0 Å². The second-order valence-electron chi connectivity index (χ2n) is 6.56. The number of hydrogen-bond acceptors (Lipinski definition) is 4. The quantitative estimate of drug-likeness (QED) is 0.153. The zero-order valence-corrected chi connectivity index (χ0v) is 16.4. The third kappa shape index (κ3) is 21.7. The van der Waals surface area contributed by atoms with Crippen molar-refractivity contribution in [2.45, 2.75) is 97.3 Å². The van der Waals surface area contributed by atoms with Gasteiger partial charge in [0, 0.05) is 12.2 Å². The molecular formula is C21H39NaO4. The van der Waals surface area contributed by atoms with Crippen molar-refractivity contribution in [3.63, 3.8) is 0 Å². The van der Waals surface area contributed by atoms with Gasteiger partial charge in [0.05, 0.1) is 13.2 Å². The summed E-state index contributed by atoms with van der Waals surface area (Å²) in [5.74, 6) is -0.972. The van der Waals surface area contributed by atoms with Gasteiger partial charge in [-0.3, -0.25) is 0 Å². The Bertz CT molecular complexity index is 356. The van der Waals surface area contributed by atoms with Gasteiger partial charge in [-0.2, -0.15) is 0 Å². The molecule has 148 valence electrons. The monoisotopic (exact) mass is 378 g/mol. The maximum atomic E-state index is 11.4. The van der Waals surface area contributed by atoms with Crippen LogP contribution in [-0.4, -0.2) is 54.7 Å². The summed E-state index contributed by atoms with van der Waals surface area (Å²) < 4.78 is 9.89. The zero-order valence-electron chi connectivity index (χ0n) is 16.4. The molecule has 0 fully saturated rings. The molecule has 4 nitrogen and oxygen atoms in total. The molecule has 0 aliphatic rings. The number of hydrogen-bond donors (Lipinski definition) is 0. The Hall–Kier alpha value is -0.320. The predicted octanol–water partition coefficient (Wildman–Crippen LogP) is 5.09. The molecular weight excluding hydrogens is 339 g/mol. The molecule has 0 heterocycles. The summed E-state index contributed by atoms with van der Waals surface area (Å²) in [6.45, 7) is 4.96. The predicted molar refractivity (Wildman–Crippen MR) is 110 cm³/mol. The van der Waals surface area contributed by atoms with Gasteiger partial charge in [-0.25, -0.2) is 9.59 Å². The first-order chi connectivity index (χ1) is 12.2. The number of rotatable bonds is 17. The van der Waals surface area contributed by atoms with Crippen molar-refractivity contribution in [2.75, 3.05) is 13.2 Å². The Morgan fingerprint density at radius 1 is 0.577 bits per heavy atom. The van der Waals surface area contributed by atoms with Crippen LogP contribution in [0.1, 0.15) is 97.3 Å². The second-order valence-corrected chi connectivity index (χ2v) is 6.56. The molecule has 26 heavy (non-hydrogen) atoms. The van der Waals surface area contributed by atoms with E-state index >= 15 is 0 Å². The van der Waals surface area contributed by atoms with Crippen molar-refractivity contribution >= 4 is 41.5 Å². The Morgan fingerprint density at radius 3 is 1.38 bits per heavy atom. The topological polar surface area (TPSA) is 52.6 Å². The first kappa shape index (κ1) is 27.9. The standard InChI is InChI=1S/C21H38O4.Na.H/c1-3-5-6-7-8-9-10-11-12-13-14-15-19-25-21(23)17-16-20(22)24-18-4-2;;/h16-17H,3-15,18-19H2,1-2H3;;/b17-16-;;. The van der Waals surface area contributed by atoms with Gasteiger partial charge < -0.3 is 9.47 Å². The minimum atomic E-state index is -0.496. The maximum absolute atomic E-state index is 11.4. The molecule has 0 atom stereocenters. The normalized spacial score (nSPS) is 10.5. The van der Waals surface area contributed by atoms with Crippen LogP contribution in [0.2, 0.25) is 0 Å². The number of esters is 2. The summed E-state index contributed by atoms with van der Waals surface area (Å²) >= 11 is 0. The van der Waals surface area contributed by atoms with Crippen molar-refractivity contribution in [2.24, 2.45) is 0 Å². The fourth-order valence-corrected chi connectivity index (χ4v) is 2.55. The van der Waals surface area contributed by atoms with Gasteiger partial charge in [-0.15, -0.1) is 0 Å². The molecule has 0 aliphatic carbocycles. The van der Waals surface area contributed by atoms with Crippen LogP contribution in [-0.2, 0) is 19.1 Å². The molecule has 0 amide bonds. The van der Waals surface area contributed by atoms with E-state index in [-0.39, 0.29) is 29.6 Å². The molecule has 0 bridgehead atoms. The third-order valence-electron chi connectivity index (χ3n) is 4.05. The molecule has 0 N–H and O–H groups in total. The Morgan fingerprint density at radius 2 is 0.962 bits per heavy atom. The summed E-state index contributed by atoms with van der Waals surface area (Å²) in [4.78, 5) is 22.6. The first-order valence-electron chi connectivity index (χ1n) is 10.2. The van der Waals surface area contributed by atoms with E-state index in [1.807, 2.05) is 6.92 Å². The Labute approximate surface area is 182 Å². The Balaban J connectivity index is 0. The van der Waals surface area contributed by atoms with Crippen molar-refractivity contribution in [3.8, 4) is 0 Å². The fraction of sp³-hybridized carbons (Fsp3) is 0.810. The van der Waals surface area contributed by atoms with E-state index in [1.165, 1.54) is 64.2 Å². The molecule has 0 spiro atoms. The van der Waals surface area contributed by atoms with Crippen molar-refractivity contribution in [1.29, 1.82) is 0 Å². The van der Waals surface area contributed by atoms with Crippen LogP contribution in [0.25, 0.3) is 0 Å². The molecule has 0 unspecified atom stereocenters. The third-order valence-corrected chi connectivity index (χ3v) is 4.05. The van der Waals surface area contributed by atoms with Crippen LogP contribution in [0.3, 0.4) is 0 Å². The van der Waals surface area contributed by atoms with E-state index in [0.29, 0.717) is 13.2 Å². The molecule has 0 aliphatic heterocycles. The van der Waals surface area contributed by atoms with Crippen LogP contribution in [0.5, 0.6) is 0 Å². The van der Waals surface area contributed by atoms with Crippen LogP contribution in [0.4, 0.5) is 0 Å². The molecule has 0 aromatic rings. The van der Waals surface area contributed by atoms with E-state index < -0.39 is 11.9 Å². The molecule has 5 heteroatoms. The number of carbonyl (C=O) groups is 2. The zero-order chi connectivity index (χ0) is 18.6. The van der Waals surface area contributed by atoms with Gasteiger partial charge in [0.2, 0.25) is 0 Å². The fourth-order valence-electron chi connectivity index (χ4n) is 2.55. The van der Waals surface area contributed by atoms with Gasteiger partial charge in [-0.1, -0.05) is 84.5 Å². The summed E-state index contributed by atoms with van der Waals surface area (Å²) in [5.41, 5.74) is 0. The summed E-state index contributed by atoms with van der Waals surface area (Å²) in [5, 5.41) is 0. The van der Waals surface area contributed by atoms with Crippen molar-refractivity contribution in [3.05, 3.63) is 12.2 Å². The molecule has 0 saturated heterocycles. The average molecular weight is 379 g/mol. The average Bonchev–Trinajstić information content (AvgIpc) is 2.62. The number of ether oxygens (including phenoxy) is 2. The second kappa shape index (κ2) is 22.7. The van der Waals surface area contributed by atoms with Gasteiger partial charge in [-0.05, 0) is 12.8 Å². The van der Waals surface area contributed by atoms with Crippen LogP contribution >= 0.6 is 0 Å². The van der Waals surface area contributed by atoms with Crippen molar-refractivity contribution in [1.82, 2.24) is 0 Å². The molecule has 0 saturated carbocycles. The SMILES string of the molecule is CCCCCCCCCCCCCCOC(=O)/C=C\C(=O)OCCC.[NaH]. The molecule has 0 aromatic heterocycles. The molecule has 0 rings (SSSR count). The van der Waals surface area contributed by atoms with E-state index in [4.69, 9.17) is 9.47 Å². The van der Waals surface area contributed by atoms with Crippen LogP contribution < -0.4 is 0 Å². The van der Waals surface area contributed by atoms with Gasteiger partial charge >= 0.3 is 41.5 Å². The van der Waals surface area contributed by atoms with Gasteiger partial charge in [0.25, 0.3) is 0 Å². The van der Waals surface area contributed by atoms with Gasteiger partial charge in [0.15, 0.2) is 0 Å². The van der Waals surface area contributed by atoms with E-state index in [0.717, 1.165) is 31.4 Å². The molecule has 0 radical (unpaired) electrons. The first-order valence-corrected chi connectivity index (χ1v) is 10.2. The minimum absolute atomic E-state index is 0.